The maximum absolute atomic E-state index is 12.5. The molecular weight excluding hydrogens is 330 g/mol. The summed E-state index contributed by atoms with van der Waals surface area (Å²) in [4.78, 5) is 0.180. The molecule has 2 N–H and O–H groups in total. The predicted octanol–water partition coefficient (Wildman–Crippen LogP) is 2.26. The van der Waals surface area contributed by atoms with Gasteiger partial charge in [0.05, 0.1) is 11.0 Å². The predicted molar refractivity (Wildman–Crippen MR) is 78.0 cm³/mol. The molecule has 1 aromatic rings. The third kappa shape index (κ3) is 3.47. The Morgan fingerprint density at radius 1 is 1.47 bits per heavy atom. The largest absolute Gasteiger partial charge is 0.398 e. The Morgan fingerprint density at radius 2 is 2.11 bits per heavy atom. The molecule has 0 fully saturated rings. The molecule has 0 aliphatic heterocycles. The summed E-state index contributed by atoms with van der Waals surface area (Å²) in [6.45, 7) is 3.91. The van der Waals surface area contributed by atoms with Crippen molar-refractivity contribution in [3.05, 3.63) is 22.2 Å². The van der Waals surface area contributed by atoms with Crippen molar-refractivity contribution in [1.82, 2.24) is 4.31 Å². The highest BCUT2D eigenvalue weighted by atomic mass is 79.9. The molecular formula is C12H16BrN3O2S. The lowest BCUT2D eigenvalue weighted by Crippen LogP contribution is -2.32. The van der Waals surface area contributed by atoms with E-state index in [4.69, 9.17) is 11.0 Å². The summed E-state index contributed by atoms with van der Waals surface area (Å²) >= 11 is 3.25. The van der Waals surface area contributed by atoms with Crippen LogP contribution in [0.2, 0.25) is 0 Å². The van der Waals surface area contributed by atoms with Crippen LogP contribution in [0.25, 0.3) is 0 Å². The number of sulfonamides is 1. The van der Waals surface area contributed by atoms with Gasteiger partial charge in [0.15, 0.2) is 0 Å². The minimum absolute atomic E-state index is 0.162. The van der Waals surface area contributed by atoms with Gasteiger partial charge in [0.1, 0.15) is 0 Å². The van der Waals surface area contributed by atoms with Crippen molar-refractivity contribution in [2.45, 2.75) is 25.2 Å². The first-order chi connectivity index (χ1) is 8.84. The number of benzene rings is 1. The Kier molecular flexibility index (Phi) is 5.35. The van der Waals surface area contributed by atoms with Gasteiger partial charge in [0.25, 0.3) is 0 Å². The van der Waals surface area contributed by atoms with Crippen LogP contribution in [0.5, 0.6) is 0 Å². The lowest BCUT2D eigenvalue weighted by molar-refractivity contribution is 0.434. The summed E-state index contributed by atoms with van der Waals surface area (Å²) < 4.78 is 27.0. The van der Waals surface area contributed by atoms with Crippen molar-refractivity contribution in [3.8, 4) is 6.07 Å². The number of rotatable bonds is 5. The molecule has 0 radical (unpaired) electrons. The van der Waals surface area contributed by atoms with E-state index in [2.05, 4.69) is 15.9 Å². The average Bonchev–Trinajstić information content (AvgIpc) is 2.34. The standard InChI is InChI=1S/C12H16BrN3O2S/c1-3-16(6-4-5-14)19(17,18)12-8-10(13)7-11(15)9(12)2/h7-8H,3-4,6,15H2,1-2H3. The van der Waals surface area contributed by atoms with E-state index in [-0.39, 0.29) is 17.9 Å². The van der Waals surface area contributed by atoms with Gasteiger partial charge in [-0.05, 0) is 24.6 Å². The van der Waals surface area contributed by atoms with Gasteiger partial charge in [-0.15, -0.1) is 0 Å². The molecule has 0 aliphatic carbocycles. The zero-order chi connectivity index (χ0) is 14.6. The van der Waals surface area contributed by atoms with Crippen LogP contribution in [0.4, 0.5) is 5.69 Å². The molecule has 19 heavy (non-hydrogen) atoms. The Bertz CT molecular complexity index is 608. The van der Waals surface area contributed by atoms with Crippen molar-refractivity contribution in [2.24, 2.45) is 0 Å². The number of nitrogens with two attached hydrogens (primary N) is 1. The fourth-order valence-corrected chi connectivity index (χ4v) is 4.06. The van der Waals surface area contributed by atoms with Gasteiger partial charge in [0.2, 0.25) is 10.0 Å². The summed E-state index contributed by atoms with van der Waals surface area (Å²) in [5.41, 5.74) is 6.74. The quantitative estimate of drug-likeness (QED) is 0.829. The van der Waals surface area contributed by atoms with E-state index in [9.17, 15) is 8.42 Å². The van der Waals surface area contributed by atoms with Gasteiger partial charge < -0.3 is 5.73 Å². The van der Waals surface area contributed by atoms with Crippen LogP contribution < -0.4 is 5.73 Å². The molecule has 0 amide bonds. The third-order valence-electron chi connectivity index (χ3n) is 2.81. The Balaban J connectivity index is 3.30. The highest BCUT2D eigenvalue weighted by Crippen LogP contribution is 2.28. The van der Waals surface area contributed by atoms with E-state index in [0.717, 1.165) is 0 Å². The molecule has 0 spiro atoms. The van der Waals surface area contributed by atoms with Crippen LogP contribution in [0.3, 0.4) is 0 Å². The van der Waals surface area contributed by atoms with Gasteiger partial charge in [-0.2, -0.15) is 9.57 Å². The zero-order valence-electron chi connectivity index (χ0n) is 10.9. The van der Waals surface area contributed by atoms with Gasteiger partial charge in [-0.3, -0.25) is 0 Å². The monoisotopic (exact) mass is 345 g/mol. The number of hydrogen-bond donors (Lipinski definition) is 1. The van der Waals surface area contributed by atoms with E-state index in [1.807, 2.05) is 6.07 Å². The Hall–Kier alpha value is -1.10. The summed E-state index contributed by atoms with van der Waals surface area (Å²) in [6.07, 6.45) is 0.162. The zero-order valence-corrected chi connectivity index (χ0v) is 13.3. The average molecular weight is 346 g/mol. The molecule has 0 saturated carbocycles. The number of hydrogen-bond acceptors (Lipinski definition) is 4. The third-order valence-corrected chi connectivity index (χ3v) is 5.37. The van der Waals surface area contributed by atoms with Crippen molar-refractivity contribution in [1.29, 1.82) is 5.26 Å². The summed E-state index contributed by atoms with van der Waals surface area (Å²) in [6, 6.07) is 5.16. The molecule has 1 rings (SSSR count). The SMILES string of the molecule is CCN(CCC#N)S(=O)(=O)c1cc(Br)cc(N)c1C. The topological polar surface area (TPSA) is 87.2 Å². The summed E-state index contributed by atoms with van der Waals surface area (Å²) in [5, 5.41) is 8.59. The molecule has 0 aromatic heterocycles. The molecule has 7 heteroatoms. The maximum atomic E-state index is 12.5. The Labute approximate surface area is 122 Å². The first kappa shape index (κ1) is 16.0. The van der Waals surface area contributed by atoms with Crippen molar-refractivity contribution >= 4 is 31.6 Å². The maximum Gasteiger partial charge on any atom is 0.243 e. The van der Waals surface area contributed by atoms with Crippen molar-refractivity contribution < 1.29 is 8.42 Å². The number of nitrogens with zero attached hydrogens (tertiary/aromatic N) is 2. The number of halogens is 1. The molecule has 0 bridgehead atoms. The lowest BCUT2D eigenvalue weighted by Gasteiger charge is -2.21. The van der Waals surface area contributed by atoms with Gasteiger partial charge in [-0.1, -0.05) is 22.9 Å². The van der Waals surface area contributed by atoms with Gasteiger partial charge in [-0.25, -0.2) is 8.42 Å². The number of nitrogen functional groups attached to an aromatic ring is 1. The van der Waals surface area contributed by atoms with Crippen LogP contribution in [0, 0.1) is 18.3 Å². The lowest BCUT2D eigenvalue weighted by atomic mass is 10.2. The minimum atomic E-state index is -3.63. The molecule has 5 nitrogen and oxygen atoms in total. The van der Waals surface area contributed by atoms with E-state index in [1.165, 1.54) is 10.4 Å². The number of anilines is 1. The summed E-state index contributed by atoms with van der Waals surface area (Å²) in [5.74, 6) is 0. The van der Waals surface area contributed by atoms with Crippen LogP contribution in [-0.2, 0) is 10.0 Å². The fourth-order valence-electron chi connectivity index (χ4n) is 1.70. The van der Waals surface area contributed by atoms with E-state index >= 15 is 0 Å². The second kappa shape index (κ2) is 6.37. The van der Waals surface area contributed by atoms with Crippen LogP contribution in [0.15, 0.2) is 21.5 Å². The molecule has 1 aromatic carbocycles. The van der Waals surface area contributed by atoms with Crippen molar-refractivity contribution in [3.63, 3.8) is 0 Å². The van der Waals surface area contributed by atoms with Gasteiger partial charge in [0, 0.05) is 29.7 Å². The second-order valence-corrected chi connectivity index (χ2v) is 6.85. The highest BCUT2D eigenvalue weighted by molar-refractivity contribution is 9.10. The smallest absolute Gasteiger partial charge is 0.243 e. The molecule has 0 saturated heterocycles. The van der Waals surface area contributed by atoms with E-state index in [1.54, 1.807) is 19.9 Å². The molecule has 0 atom stereocenters. The van der Waals surface area contributed by atoms with Gasteiger partial charge >= 0.3 is 0 Å². The Morgan fingerprint density at radius 3 is 2.63 bits per heavy atom. The molecule has 0 unspecified atom stereocenters. The second-order valence-electron chi connectivity index (χ2n) is 4.02. The number of nitriles is 1. The first-order valence-corrected chi connectivity index (χ1v) is 8.00. The van der Waals surface area contributed by atoms with Crippen molar-refractivity contribution in [2.75, 3.05) is 18.8 Å². The molecule has 104 valence electrons. The summed E-state index contributed by atoms with van der Waals surface area (Å²) in [7, 11) is -3.63. The van der Waals surface area contributed by atoms with Crippen LogP contribution in [0.1, 0.15) is 18.9 Å². The molecule has 0 aliphatic rings. The van der Waals surface area contributed by atoms with Crippen LogP contribution >= 0.6 is 15.9 Å². The fraction of sp³-hybridized carbons (Fsp3) is 0.417. The van der Waals surface area contributed by atoms with E-state index < -0.39 is 10.0 Å². The van der Waals surface area contributed by atoms with E-state index in [0.29, 0.717) is 22.3 Å². The first-order valence-electron chi connectivity index (χ1n) is 5.77. The minimum Gasteiger partial charge on any atom is -0.398 e. The normalized spacial score (nSPS) is 11.5. The van der Waals surface area contributed by atoms with Crippen LogP contribution in [-0.4, -0.2) is 25.8 Å². The molecule has 0 heterocycles. The highest BCUT2D eigenvalue weighted by Gasteiger charge is 2.25.